The predicted molar refractivity (Wildman–Crippen MR) is 132 cm³/mol. The molecular formula is C28H33NO4. The Kier molecular flexibility index (Phi) is 8.26. The first-order chi connectivity index (χ1) is 15.8. The van der Waals surface area contributed by atoms with Crippen LogP contribution in [-0.4, -0.2) is 46.3 Å². The Bertz CT molecular complexity index is 1070. The molecule has 1 amide bonds. The van der Waals surface area contributed by atoms with Gasteiger partial charge in [0.25, 0.3) is 5.91 Å². The molecule has 0 saturated carbocycles. The second-order valence-electron chi connectivity index (χ2n) is 8.66. The second-order valence-corrected chi connectivity index (χ2v) is 8.66. The molecule has 0 aromatic heterocycles. The lowest BCUT2D eigenvalue weighted by Gasteiger charge is -2.29. The highest BCUT2D eigenvalue weighted by Crippen LogP contribution is 2.26. The van der Waals surface area contributed by atoms with E-state index in [0.29, 0.717) is 11.3 Å². The average molecular weight is 448 g/mol. The van der Waals surface area contributed by atoms with Crippen LogP contribution in [0.5, 0.6) is 5.75 Å². The summed E-state index contributed by atoms with van der Waals surface area (Å²) in [7, 11) is 0. The Labute approximate surface area is 195 Å². The highest BCUT2D eigenvalue weighted by atomic mass is 16.5. The van der Waals surface area contributed by atoms with E-state index in [1.807, 2.05) is 63.2 Å². The van der Waals surface area contributed by atoms with Gasteiger partial charge in [-0.25, -0.2) is 0 Å². The number of carbonyl (C=O) groups is 1. The van der Waals surface area contributed by atoms with E-state index in [1.54, 1.807) is 35.2 Å². The first kappa shape index (κ1) is 24.5. The number of fused-ring (bicyclic) bond motifs is 1. The van der Waals surface area contributed by atoms with Gasteiger partial charge in [-0.1, -0.05) is 61.5 Å². The Morgan fingerprint density at radius 1 is 1.00 bits per heavy atom. The molecule has 0 aliphatic carbocycles. The number of carbonyl (C=O) groups excluding carboxylic acids is 1. The van der Waals surface area contributed by atoms with Gasteiger partial charge in [0.15, 0.2) is 0 Å². The van der Waals surface area contributed by atoms with Gasteiger partial charge in [0.1, 0.15) is 18.5 Å². The SMILES string of the molecule is C=C[C@H](C)[C@H](O)c1ccc(C(=O)N(CC(O)COc2cccc3ccccc23)C(C)C)cc1. The average Bonchev–Trinajstić information content (AvgIpc) is 2.84. The third-order valence-electron chi connectivity index (χ3n) is 5.84. The van der Waals surface area contributed by atoms with Crippen LogP contribution in [0.3, 0.4) is 0 Å². The Morgan fingerprint density at radius 3 is 2.33 bits per heavy atom. The Morgan fingerprint density at radius 2 is 1.67 bits per heavy atom. The molecule has 0 heterocycles. The zero-order chi connectivity index (χ0) is 24.0. The van der Waals surface area contributed by atoms with Gasteiger partial charge < -0.3 is 19.8 Å². The van der Waals surface area contributed by atoms with Crippen molar-refractivity contribution in [1.29, 1.82) is 0 Å². The maximum Gasteiger partial charge on any atom is 0.254 e. The van der Waals surface area contributed by atoms with E-state index in [4.69, 9.17) is 4.74 Å². The quantitative estimate of drug-likeness (QED) is 0.430. The summed E-state index contributed by atoms with van der Waals surface area (Å²) in [6.07, 6.45) is 0.192. The van der Waals surface area contributed by atoms with Crippen molar-refractivity contribution in [3.63, 3.8) is 0 Å². The van der Waals surface area contributed by atoms with Crippen molar-refractivity contribution in [2.24, 2.45) is 5.92 Å². The van der Waals surface area contributed by atoms with E-state index in [-0.39, 0.29) is 31.0 Å². The lowest BCUT2D eigenvalue weighted by Crippen LogP contribution is -2.43. The van der Waals surface area contributed by atoms with Gasteiger partial charge in [0, 0.05) is 22.9 Å². The summed E-state index contributed by atoms with van der Waals surface area (Å²) in [6.45, 7) is 9.67. The first-order valence-electron chi connectivity index (χ1n) is 11.3. The fourth-order valence-electron chi connectivity index (χ4n) is 3.74. The van der Waals surface area contributed by atoms with Crippen molar-refractivity contribution >= 4 is 16.7 Å². The minimum absolute atomic E-state index is 0.0785. The molecule has 3 rings (SSSR count). The molecule has 3 aromatic carbocycles. The van der Waals surface area contributed by atoms with Gasteiger partial charge in [-0.2, -0.15) is 0 Å². The van der Waals surface area contributed by atoms with E-state index in [2.05, 4.69) is 6.58 Å². The summed E-state index contributed by atoms with van der Waals surface area (Å²) in [4.78, 5) is 14.8. The Hall–Kier alpha value is -3.15. The van der Waals surface area contributed by atoms with Crippen molar-refractivity contribution in [3.05, 3.63) is 90.5 Å². The van der Waals surface area contributed by atoms with Crippen LogP contribution in [-0.2, 0) is 0 Å². The number of ether oxygens (including phenoxy) is 1. The molecule has 1 unspecified atom stereocenters. The van der Waals surface area contributed by atoms with Crippen molar-refractivity contribution in [2.75, 3.05) is 13.2 Å². The molecule has 0 fully saturated rings. The van der Waals surface area contributed by atoms with Crippen LogP contribution < -0.4 is 4.74 Å². The van der Waals surface area contributed by atoms with Crippen molar-refractivity contribution in [3.8, 4) is 5.75 Å². The largest absolute Gasteiger partial charge is 0.490 e. The molecule has 0 radical (unpaired) electrons. The van der Waals surface area contributed by atoms with Gasteiger partial charge in [-0.05, 0) is 43.0 Å². The fraction of sp³-hybridized carbons (Fsp3) is 0.321. The molecule has 174 valence electrons. The Balaban J connectivity index is 1.66. The van der Waals surface area contributed by atoms with Gasteiger partial charge in [0.2, 0.25) is 0 Å². The number of nitrogens with zero attached hydrogens (tertiary/aromatic N) is 1. The van der Waals surface area contributed by atoms with Crippen molar-refractivity contribution < 1.29 is 19.7 Å². The van der Waals surface area contributed by atoms with Gasteiger partial charge >= 0.3 is 0 Å². The lowest BCUT2D eigenvalue weighted by molar-refractivity contribution is 0.0429. The predicted octanol–water partition coefficient (Wildman–Crippen LogP) is 4.99. The van der Waals surface area contributed by atoms with Gasteiger partial charge in [-0.15, -0.1) is 6.58 Å². The summed E-state index contributed by atoms with van der Waals surface area (Å²) in [5.74, 6) is 0.445. The van der Waals surface area contributed by atoms with Crippen LogP contribution in [0.2, 0.25) is 0 Å². The summed E-state index contributed by atoms with van der Waals surface area (Å²) in [5, 5.41) is 23.0. The van der Waals surface area contributed by atoms with Crippen LogP contribution in [0.15, 0.2) is 79.4 Å². The minimum Gasteiger partial charge on any atom is -0.490 e. The van der Waals surface area contributed by atoms with E-state index in [9.17, 15) is 15.0 Å². The van der Waals surface area contributed by atoms with E-state index < -0.39 is 12.2 Å². The molecule has 0 bridgehead atoms. The van der Waals surface area contributed by atoms with Crippen molar-refractivity contribution in [2.45, 2.75) is 39.0 Å². The van der Waals surface area contributed by atoms with Crippen LogP contribution >= 0.6 is 0 Å². The molecule has 0 aliphatic heterocycles. The number of hydrogen-bond donors (Lipinski definition) is 2. The maximum atomic E-state index is 13.1. The third kappa shape index (κ3) is 6.01. The molecule has 33 heavy (non-hydrogen) atoms. The van der Waals surface area contributed by atoms with Crippen LogP contribution in [0.25, 0.3) is 10.8 Å². The van der Waals surface area contributed by atoms with Crippen LogP contribution in [0.1, 0.15) is 42.8 Å². The third-order valence-corrected chi connectivity index (χ3v) is 5.84. The standard InChI is InChI=1S/C28H33NO4/c1-5-20(4)27(31)22-13-15-23(16-14-22)28(32)29(19(2)3)17-24(30)18-33-26-12-8-10-21-9-6-7-11-25(21)26/h5-16,19-20,24,27,30-31H,1,17-18H2,2-4H3/t20-,24?,27-/m0/s1. The van der Waals surface area contributed by atoms with Crippen molar-refractivity contribution in [1.82, 2.24) is 4.90 Å². The lowest BCUT2D eigenvalue weighted by atomic mass is 9.96. The number of amides is 1. The molecule has 3 aromatic rings. The smallest absolute Gasteiger partial charge is 0.254 e. The molecular weight excluding hydrogens is 414 g/mol. The topological polar surface area (TPSA) is 70.0 Å². The molecule has 3 atom stereocenters. The number of benzene rings is 3. The van der Waals surface area contributed by atoms with E-state index in [0.717, 1.165) is 16.3 Å². The molecule has 5 heteroatoms. The maximum absolute atomic E-state index is 13.1. The number of rotatable bonds is 10. The molecule has 0 saturated heterocycles. The van der Waals surface area contributed by atoms with E-state index in [1.165, 1.54) is 0 Å². The van der Waals surface area contributed by atoms with Crippen LogP contribution in [0, 0.1) is 5.92 Å². The normalized spacial score (nSPS) is 14.0. The number of aliphatic hydroxyl groups excluding tert-OH is 2. The van der Waals surface area contributed by atoms with Gasteiger partial charge in [0.05, 0.1) is 12.6 Å². The highest BCUT2D eigenvalue weighted by molar-refractivity contribution is 5.94. The monoisotopic (exact) mass is 447 g/mol. The summed E-state index contributed by atoms with van der Waals surface area (Å²) in [6, 6.07) is 20.6. The van der Waals surface area contributed by atoms with Crippen LogP contribution in [0.4, 0.5) is 0 Å². The zero-order valence-corrected chi connectivity index (χ0v) is 19.5. The number of hydrogen-bond acceptors (Lipinski definition) is 4. The van der Waals surface area contributed by atoms with E-state index >= 15 is 0 Å². The molecule has 0 spiro atoms. The second kappa shape index (κ2) is 11.1. The molecule has 2 N–H and O–H groups in total. The number of aliphatic hydroxyl groups is 2. The summed E-state index contributed by atoms with van der Waals surface area (Å²) >= 11 is 0. The summed E-state index contributed by atoms with van der Waals surface area (Å²) in [5.41, 5.74) is 1.24. The fourth-order valence-corrected chi connectivity index (χ4v) is 3.74. The zero-order valence-electron chi connectivity index (χ0n) is 19.5. The molecule has 5 nitrogen and oxygen atoms in total. The summed E-state index contributed by atoms with van der Waals surface area (Å²) < 4.78 is 5.90. The minimum atomic E-state index is -0.843. The molecule has 0 aliphatic rings. The first-order valence-corrected chi connectivity index (χ1v) is 11.3. The van der Waals surface area contributed by atoms with Gasteiger partial charge in [-0.3, -0.25) is 4.79 Å². The highest BCUT2D eigenvalue weighted by Gasteiger charge is 2.23.